The number of hydrazone groups is 1. The number of aromatic nitrogens is 1. The van der Waals surface area contributed by atoms with Crippen molar-refractivity contribution in [3.63, 3.8) is 0 Å². The number of nitrogens with zero attached hydrogens (tertiary/aromatic N) is 5. The third-order valence-electron chi connectivity index (χ3n) is 3.83. The van der Waals surface area contributed by atoms with Crippen molar-refractivity contribution in [1.29, 1.82) is 0 Å². The lowest BCUT2D eigenvalue weighted by molar-refractivity contribution is -0.274. The van der Waals surface area contributed by atoms with Crippen LogP contribution in [0.25, 0.3) is 0 Å². The highest BCUT2D eigenvalue weighted by atomic mass is 19.4. The lowest BCUT2D eigenvalue weighted by atomic mass is 10.2. The summed E-state index contributed by atoms with van der Waals surface area (Å²) in [6, 6.07) is 6.69. The number of amidine groups is 1. The topological polar surface area (TPSA) is 74.5 Å². The van der Waals surface area contributed by atoms with Gasteiger partial charge >= 0.3 is 12.5 Å². The van der Waals surface area contributed by atoms with E-state index in [9.17, 15) is 26.3 Å². The summed E-state index contributed by atoms with van der Waals surface area (Å²) in [5, 5.41) is 7.87. The summed E-state index contributed by atoms with van der Waals surface area (Å²) in [6.45, 7) is 3.74. The molecule has 2 heterocycles. The van der Waals surface area contributed by atoms with Gasteiger partial charge in [0.25, 0.3) is 0 Å². The van der Waals surface area contributed by atoms with E-state index < -0.39 is 18.1 Å². The SMILES string of the molecule is C=C1C=NN(c2cc(C(F)(F)F)ccn2)C1=NC=NCNc1ccc(OC(F)(F)F)cc1. The van der Waals surface area contributed by atoms with Gasteiger partial charge in [-0.15, -0.1) is 13.2 Å². The van der Waals surface area contributed by atoms with Crippen molar-refractivity contribution < 1.29 is 31.1 Å². The molecule has 2 aromatic rings. The minimum atomic E-state index is -4.77. The predicted molar refractivity (Wildman–Crippen MR) is 107 cm³/mol. The molecule has 13 heteroatoms. The number of alkyl halides is 6. The average molecular weight is 456 g/mol. The van der Waals surface area contributed by atoms with Crippen LogP contribution in [-0.4, -0.2) is 36.4 Å². The number of ether oxygens (including phenoxy) is 1. The highest BCUT2D eigenvalue weighted by molar-refractivity contribution is 6.26. The van der Waals surface area contributed by atoms with Crippen LogP contribution in [0.2, 0.25) is 0 Å². The van der Waals surface area contributed by atoms with Gasteiger partial charge in [0, 0.05) is 17.5 Å². The lowest BCUT2D eigenvalue weighted by Crippen LogP contribution is -2.23. The Morgan fingerprint density at radius 3 is 2.47 bits per heavy atom. The first kappa shape index (κ1) is 22.8. The molecule has 1 aromatic heterocycles. The van der Waals surface area contributed by atoms with Crippen molar-refractivity contribution >= 4 is 29.9 Å². The molecule has 0 saturated heterocycles. The molecule has 0 spiro atoms. The lowest BCUT2D eigenvalue weighted by Gasteiger charge is -2.15. The van der Waals surface area contributed by atoms with Crippen LogP contribution < -0.4 is 15.1 Å². The van der Waals surface area contributed by atoms with Crippen molar-refractivity contribution in [2.45, 2.75) is 12.5 Å². The molecule has 0 saturated carbocycles. The summed E-state index contributed by atoms with van der Waals surface area (Å²) >= 11 is 0. The maximum absolute atomic E-state index is 12.9. The van der Waals surface area contributed by atoms with E-state index in [4.69, 9.17) is 0 Å². The maximum Gasteiger partial charge on any atom is 0.573 e. The molecule has 168 valence electrons. The van der Waals surface area contributed by atoms with Crippen molar-refractivity contribution in [3.8, 4) is 5.75 Å². The van der Waals surface area contributed by atoms with E-state index in [-0.39, 0.29) is 24.1 Å². The zero-order chi connectivity index (χ0) is 23.4. The van der Waals surface area contributed by atoms with Gasteiger partial charge in [-0.2, -0.15) is 23.3 Å². The van der Waals surface area contributed by atoms with E-state index in [1.807, 2.05) is 0 Å². The maximum atomic E-state index is 12.9. The van der Waals surface area contributed by atoms with Crippen LogP contribution >= 0.6 is 0 Å². The van der Waals surface area contributed by atoms with Crippen LogP contribution in [0.4, 0.5) is 37.8 Å². The van der Waals surface area contributed by atoms with Crippen LogP contribution in [0, 0.1) is 0 Å². The van der Waals surface area contributed by atoms with Crippen molar-refractivity contribution in [2.24, 2.45) is 15.1 Å². The Bertz CT molecular complexity index is 1060. The monoisotopic (exact) mass is 456 g/mol. The summed E-state index contributed by atoms with van der Waals surface area (Å²) in [4.78, 5) is 11.9. The molecular weight excluding hydrogens is 442 g/mol. The largest absolute Gasteiger partial charge is 0.573 e. The number of pyridine rings is 1. The molecule has 1 aliphatic heterocycles. The quantitative estimate of drug-likeness (QED) is 0.383. The summed E-state index contributed by atoms with van der Waals surface area (Å²) in [6.07, 6.45) is -5.85. The zero-order valence-corrected chi connectivity index (χ0v) is 16.0. The van der Waals surface area contributed by atoms with Crippen molar-refractivity contribution in [3.05, 3.63) is 60.3 Å². The van der Waals surface area contributed by atoms with Crippen LogP contribution in [-0.2, 0) is 6.18 Å². The molecule has 1 aliphatic rings. The second kappa shape index (κ2) is 9.08. The Labute approximate surface area is 177 Å². The van der Waals surface area contributed by atoms with Crippen LogP contribution in [0.1, 0.15) is 5.56 Å². The van der Waals surface area contributed by atoms with E-state index >= 15 is 0 Å². The minimum absolute atomic E-state index is 0.0192. The van der Waals surface area contributed by atoms with Gasteiger partial charge in [-0.05, 0) is 36.4 Å². The number of halogens is 6. The number of nitrogens with one attached hydrogen (secondary N) is 1. The number of hydrogen-bond acceptors (Lipinski definition) is 5. The minimum Gasteiger partial charge on any atom is -0.406 e. The number of benzene rings is 1. The molecule has 32 heavy (non-hydrogen) atoms. The first-order valence-corrected chi connectivity index (χ1v) is 8.75. The predicted octanol–water partition coefficient (Wildman–Crippen LogP) is 4.86. The summed E-state index contributed by atoms with van der Waals surface area (Å²) in [5.41, 5.74) is -0.0734. The van der Waals surface area contributed by atoms with Crippen molar-refractivity contribution in [2.75, 3.05) is 17.0 Å². The highest BCUT2D eigenvalue weighted by Gasteiger charge is 2.32. The normalized spacial score (nSPS) is 15.8. The molecule has 0 atom stereocenters. The fourth-order valence-electron chi connectivity index (χ4n) is 2.44. The Kier molecular flexibility index (Phi) is 6.46. The molecule has 0 radical (unpaired) electrons. The van der Waals surface area contributed by atoms with Gasteiger partial charge in [0.1, 0.15) is 18.8 Å². The van der Waals surface area contributed by atoms with E-state index in [0.29, 0.717) is 11.3 Å². The average Bonchev–Trinajstić information content (AvgIpc) is 3.08. The van der Waals surface area contributed by atoms with Crippen molar-refractivity contribution in [1.82, 2.24) is 4.98 Å². The molecule has 7 nitrogen and oxygen atoms in total. The second-order valence-electron chi connectivity index (χ2n) is 6.14. The van der Waals surface area contributed by atoms with Gasteiger partial charge in [-0.1, -0.05) is 6.58 Å². The Morgan fingerprint density at radius 1 is 1.09 bits per heavy atom. The van der Waals surface area contributed by atoms with Crippen LogP contribution in [0.15, 0.2) is 69.8 Å². The molecule has 0 unspecified atom stereocenters. The molecule has 1 aromatic carbocycles. The first-order chi connectivity index (χ1) is 15.0. The van der Waals surface area contributed by atoms with Gasteiger partial charge in [-0.25, -0.2) is 9.98 Å². The fraction of sp³-hybridized carbons (Fsp3) is 0.158. The number of rotatable bonds is 6. The highest BCUT2D eigenvalue weighted by Crippen LogP contribution is 2.31. The van der Waals surface area contributed by atoms with E-state index in [0.717, 1.165) is 41.8 Å². The van der Waals surface area contributed by atoms with Gasteiger partial charge in [0.15, 0.2) is 11.7 Å². The Balaban J connectivity index is 1.62. The third kappa shape index (κ3) is 6.06. The van der Waals surface area contributed by atoms with E-state index in [1.54, 1.807) is 0 Å². The van der Waals surface area contributed by atoms with Gasteiger partial charge in [-0.3, -0.25) is 4.99 Å². The number of anilines is 2. The zero-order valence-electron chi connectivity index (χ0n) is 16.0. The number of aliphatic imine (C=N–C) groups is 2. The molecule has 0 amide bonds. The third-order valence-corrected chi connectivity index (χ3v) is 3.83. The Morgan fingerprint density at radius 2 is 1.81 bits per heavy atom. The Hall–Kier alpha value is -3.90. The summed E-state index contributed by atoms with van der Waals surface area (Å²) in [5.74, 6) is -0.323. The van der Waals surface area contributed by atoms with E-state index in [2.05, 4.69) is 36.7 Å². The number of hydrogen-bond donors (Lipinski definition) is 1. The van der Waals surface area contributed by atoms with Gasteiger partial charge in [0.2, 0.25) is 0 Å². The van der Waals surface area contributed by atoms with Gasteiger partial charge in [0.05, 0.1) is 11.8 Å². The summed E-state index contributed by atoms with van der Waals surface area (Å²) in [7, 11) is 0. The van der Waals surface area contributed by atoms with Crippen LogP contribution in [0.3, 0.4) is 0 Å². The molecule has 0 fully saturated rings. The molecule has 0 bridgehead atoms. The fourth-order valence-corrected chi connectivity index (χ4v) is 2.44. The molecular formula is C19H14F6N6O. The molecule has 3 rings (SSSR count). The summed E-state index contributed by atoms with van der Waals surface area (Å²) < 4.78 is 79.0. The van der Waals surface area contributed by atoms with E-state index in [1.165, 1.54) is 18.3 Å². The van der Waals surface area contributed by atoms with Crippen LogP contribution in [0.5, 0.6) is 5.75 Å². The standard InChI is InChI=1S/C19H14F6N6O/c1-12-9-30-31(16-8-13(6-7-27-16)18(20,21)22)17(12)29-11-26-10-28-14-2-4-15(5-3-14)32-19(23,24)25/h2-9,11,28H,1,10H2. The molecule has 0 aliphatic carbocycles. The second-order valence-corrected chi connectivity index (χ2v) is 6.14. The van der Waals surface area contributed by atoms with Gasteiger partial charge < -0.3 is 10.1 Å². The smallest absolute Gasteiger partial charge is 0.406 e. The molecule has 1 N–H and O–H groups in total. The first-order valence-electron chi connectivity index (χ1n) is 8.75.